The van der Waals surface area contributed by atoms with Crippen LogP contribution in [-0.2, 0) is 9.84 Å². The smallest absolute Gasteiger partial charge is 0.175 e. The van der Waals surface area contributed by atoms with E-state index < -0.39 is 9.84 Å². The molecule has 0 unspecified atom stereocenters. The van der Waals surface area contributed by atoms with Crippen LogP contribution in [0.1, 0.15) is 25.3 Å². The Balaban J connectivity index is 2.37. The summed E-state index contributed by atoms with van der Waals surface area (Å²) in [4.78, 5) is 0.397. The molecule has 1 aliphatic carbocycles. The first-order valence-corrected chi connectivity index (χ1v) is 7.67. The monoisotopic (exact) mass is 253 g/mol. The van der Waals surface area contributed by atoms with E-state index in [-0.39, 0.29) is 5.41 Å². The molecule has 2 atom stereocenters. The van der Waals surface area contributed by atoms with E-state index >= 15 is 0 Å². The average molecular weight is 253 g/mol. The summed E-state index contributed by atoms with van der Waals surface area (Å²) in [6, 6.07) is 7.24. The van der Waals surface area contributed by atoms with Crippen molar-refractivity contribution in [2.75, 3.05) is 12.8 Å². The van der Waals surface area contributed by atoms with Crippen LogP contribution in [0.15, 0.2) is 29.2 Å². The molecule has 0 bridgehead atoms. The second-order valence-corrected chi connectivity index (χ2v) is 7.50. The highest BCUT2D eigenvalue weighted by atomic mass is 32.2. The van der Waals surface area contributed by atoms with Crippen LogP contribution in [0.3, 0.4) is 0 Å². The second kappa shape index (κ2) is 3.82. The van der Waals surface area contributed by atoms with E-state index in [4.69, 9.17) is 5.73 Å². The molecule has 1 aromatic carbocycles. The van der Waals surface area contributed by atoms with Crippen molar-refractivity contribution in [1.82, 2.24) is 0 Å². The Morgan fingerprint density at radius 1 is 1.35 bits per heavy atom. The van der Waals surface area contributed by atoms with Crippen molar-refractivity contribution in [3.8, 4) is 0 Å². The van der Waals surface area contributed by atoms with Gasteiger partial charge in [0.25, 0.3) is 0 Å². The zero-order valence-corrected chi connectivity index (χ0v) is 11.3. The van der Waals surface area contributed by atoms with Crippen molar-refractivity contribution in [2.45, 2.75) is 24.7 Å². The van der Waals surface area contributed by atoms with Crippen LogP contribution in [0.25, 0.3) is 0 Å². The Morgan fingerprint density at radius 3 is 2.47 bits per heavy atom. The molecule has 0 amide bonds. The normalized spacial score (nSPS) is 26.8. The number of hydrogen-bond acceptors (Lipinski definition) is 3. The maximum atomic E-state index is 11.5. The van der Waals surface area contributed by atoms with Crippen LogP contribution < -0.4 is 5.73 Å². The molecule has 17 heavy (non-hydrogen) atoms. The third-order valence-corrected chi connectivity index (χ3v) is 5.06. The Labute approximate surface area is 103 Å². The fraction of sp³-hybridized carbons (Fsp3) is 0.538. The molecule has 0 spiro atoms. The molecule has 0 aliphatic heterocycles. The number of nitrogens with two attached hydrogens (primary N) is 1. The summed E-state index contributed by atoms with van der Waals surface area (Å²) >= 11 is 0. The maximum Gasteiger partial charge on any atom is 0.175 e. The summed E-state index contributed by atoms with van der Waals surface area (Å²) in [7, 11) is -3.12. The first-order chi connectivity index (χ1) is 7.78. The number of benzene rings is 1. The molecule has 2 rings (SSSR count). The standard InChI is InChI=1S/C13H19NO2S/c1-13(2)11(8-14)12(13)9-5-4-6-10(7-9)17(3,15)16/h4-7,11-12H,8,14H2,1-3H3/t11-,12-/m1/s1. The molecule has 1 aliphatic rings. The largest absolute Gasteiger partial charge is 0.330 e. The van der Waals surface area contributed by atoms with Gasteiger partial charge in [0.15, 0.2) is 9.84 Å². The van der Waals surface area contributed by atoms with E-state index in [2.05, 4.69) is 13.8 Å². The molecule has 0 saturated heterocycles. The lowest BCUT2D eigenvalue weighted by atomic mass is 10.0. The molecule has 4 heteroatoms. The molecule has 1 saturated carbocycles. The van der Waals surface area contributed by atoms with Crippen LogP contribution in [0, 0.1) is 11.3 Å². The van der Waals surface area contributed by atoms with E-state index in [1.54, 1.807) is 12.1 Å². The van der Waals surface area contributed by atoms with Crippen LogP contribution in [0.5, 0.6) is 0 Å². The Kier molecular flexibility index (Phi) is 2.83. The molecule has 1 fully saturated rings. The predicted octanol–water partition coefficient (Wildman–Crippen LogP) is 1.79. The Bertz CT molecular complexity index is 534. The fourth-order valence-electron chi connectivity index (χ4n) is 2.78. The van der Waals surface area contributed by atoms with Crippen LogP contribution >= 0.6 is 0 Å². The van der Waals surface area contributed by atoms with Gasteiger partial charge in [-0.05, 0) is 41.5 Å². The molecular weight excluding hydrogens is 234 g/mol. The average Bonchev–Trinajstić information content (AvgIpc) is 2.79. The molecular formula is C13H19NO2S. The van der Waals surface area contributed by atoms with Gasteiger partial charge < -0.3 is 5.73 Å². The Hall–Kier alpha value is -0.870. The van der Waals surface area contributed by atoms with Gasteiger partial charge in [-0.1, -0.05) is 26.0 Å². The third-order valence-electron chi connectivity index (χ3n) is 3.95. The van der Waals surface area contributed by atoms with Gasteiger partial charge in [-0.3, -0.25) is 0 Å². The molecule has 3 nitrogen and oxygen atoms in total. The van der Waals surface area contributed by atoms with Crippen molar-refractivity contribution in [1.29, 1.82) is 0 Å². The van der Waals surface area contributed by atoms with Gasteiger partial charge in [0, 0.05) is 6.26 Å². The minimum atomic E-state index is -3.12. The van der Waals surface area contributed by atoms with Gasteiger partial charge in [0.2, 0.25) is 0 Å². The van der Waals surface area contributed by atoms with Crippen molar-refractivity contribution in [2.24, 2.45) is 17.1 Å². The number of hydrogen-bond donors (Lipinski definition) is 1. The van der Waals surface area contributed by atoms with Crippen LogP contribution in [0.4, 0.5) is 0 Å². The van der Waals surface area contributed by atoms with Gasteiger partial charge in [0.05, 0.1) is 4.90 Å². The van der Waals surface area contributed by atoms with Crippen molar-refractivity contribution >= 4 is 9.84 Å². The lowest BCUT2D eigenvalue weighted by Crippen LogP contribution is -2.05. The topological polar surface area (TPSA) is 60.2 Å². The van der Waals surface area contributed by atoms with Gasteiger partial charge in [-0.15, -0.1) is 0 Å². The van der Waals surface area contributed by atoms with Crippen LogP contribution in [0.2, 0.25) is 0 Å². The first kappa shape index (κ1) is 12.6. The highest BCUT2D eigenvalue weighted by Crippen LogP contribution is 2.63. The van der Waals surface area contributed by atoms with Crippen molar-refractivity contribution in [3.05, 3.63) is 29.8 Å². The number of sulfone groups is 1. The summed E-state index contributed by atoms with van der Waals surface area (Å²) in [5.41, 5.74) is 7.02. The van der Waals surface area contributed by atoms with Gasteiger partial charge in [-0.2, -0.15) is 0 Å². The minimum Gasteiger partial charge on any atom is -0.330 e. The fourth-order valence-corrected chi connectivity index (χ4v) is 3.46. The van der Waals surface area contributed by atoms with E-state index in [0.717, 1.165) is 5.56 Å². The molecule has 1 aromatic rings. The molecule has 94 valence electrons. The summed E-state index contributed by atoms with van der Waals surface area (Å²) in [5.74, 6) is 0.839. The lowest BCUT2D eigenvalue weighted by Gasteiger charge is -2.05. The maximum absolute atomic E-state index is 11.5. The highest BCUT2D eigenvalue weighted by Gasteiger charge is 2.57. The molecule has 0 radical (unpaired) electrons. The third kappa shape index (κ3) is 2.11. The highest BCUT2D eigenvalue weighted by molar-refractivity contribution is 7.90. The van der Waals surface area contributed by atoms with Crippen molar-refractivity contribution < 1.29 is 8.42 Å². The van der Waals surface area contributed by atoms with Gasteiger partial charge in [-0.25, -0.2) is 8.42 Å². The van der Waals surface area contributed by atoms with Crippen LogP contribution in [-0.4, -0.2) is 21.2 Å². The first-order valence-electron chi connectivity index (χ1n) is 5.78. The number of rotatable bonds is 3. The summed E-state index contributed by atoms with van der Waals surface area (Å²) in [5, 5.41) is 0. The van der Waals surface area contributed by atoms with E-state index in [9.17, 15) is 8.42 Å². The minimum absolute atomic E-state index is 0.185. The van der Waals surface area contributed by atoms with E-state index in [1.807, 2.05) is 12.1 Å². The quantitative estimate of drug-likeness (QED) is 0.893. The molecule has 2 N–H and O–H groups in total. The van der Waals surface area contributed by atoms with E-state index in [1.165, 1.54) is 6.26 Å². The molecule has 0 aromatic heterocycles. The summed E-state index contributed by atoms with van der Waals surface area (Å²) < 4.78 is 23.0. The summed E-state index contributed by atoms with van der Waals surface area (Å²) in [6.45, 7) is 5.02. The second-order valence-electron chi connectivity index (χ2n) is 5.49. The zero-order chi connectivity index (χ0) is 12.8. The lowest BCUT2D eigenvalue weighted by molar-refractivity contribution is 0.558. The SMILES string of the molecule is CC1(C)[C@H](CN)[C@H]1c1cccc(S(C)(=O)=O)c1. The Morgan fingerprint density at radius 2 is 2.00 bits per heavy atom. The summed E-state index contributed by atoms with van der Waals surface area (Å²) in [6.07, 6.45) is 1.24. The van der Waals surface area contributed by atoms with Gasteiger partial charge >= 0.3 is 0 Å². The predicted molar refractivity (Wildman–Crippen MR) is 68.6 cm³/mol. The molecule has 0 heterocycles. The van der Waals surface area contributed by atoms with Crippen molar-refractivity contribution in [3.63, 3.8) is 0 Å². The van der Waals surface area contributed by atoms with E-state index in [0.29, 0.717) is 23.3 Å². The van der Waals surface area contributed by atoms with Gasteiger partial charge in [0.1, 0.15) is 0 Å². The zero-order valence-electron chi connectivity index (χ0n) is 10.5.